The zero-order valence-corrected chi connectivity index (χ0v) is 17.2. The standard InChI is InChI=1S/C20H32N4O3/c1-6-21-20(24-10-8-9-16(13-24)19(25)27-7-2)23-12-17-15(4)18(26-5)14(3)11-22-17/h11,16H,6-10,12-13H2,1-5H3,(H,21,23). The Labute approximate surface area is 162 Å². The molecule has 1 fully saturated rings. The molecule has 1 unspecified atom stereocenters. The van der Waals surface area contributed by atoms with Crippen molar-refractivity contribution in [2.24, 2.45) is 10.9 Å². The summed E-state index contributed by atoms with van der Waals surface area (Å²) < 4.78 is 10.7. The normalized spacial score (nSPS) is 17.6. The maximum atomic E-state index is 12.1. The van der Waals surface area contributed by atoms with Crippen molar-refractivity contribution in [3.63, 3.8) is 0 Å². The van der Waals surface area contributed by atoms with Crippen LogP contribution in [0.25, 0.3) is 0 Å². The van der Waals surface area contributed by atoms with Gasteiger partial charge in [0.05, 0.1) is 31.9 Å². The van der Waals surface area contributed by atoms with Gasteiger partial charge in [-0.1, -0.05) is 0 Å². The first-order valence-electron chi connectivity index (χ1n) is 9.70. The van der Waals surface area contributed by atoms with Crippen LogP contribution in [0, 0.1) is 19.8 Å². The van der Waals surface area contributed by atoms with Gasteiger partial charge in [0.1, 0.15) is 5.75 Å². The molecular weight excluding hydrogens is 344 g/mol. The average Bonchev–Trinajstić information content (AvgIpc) is 2.67. The molecule has 1 aromatic rings. The van der Waals surface area contributed by atoms with Crippen LogP contribution in [0.15, 0.2) is 11.2 Å². The molecule has 0 radical (unpaired) electrons. The van der Waals surface area contributed by atoms with Crippen LogP contribution in [0.4, 0.5) is 0 Å². The summed E-state index contributed by atoms with van der Waals surface area (Å²) in [7, 11) is 1.68. The Hall–Kier alpha value is -2.31. The maximum Gasteiger partial charge on any atom is 0.310 e. The number of pyridine rings is 1. The van der Waals surface area contributed by atoms with E-state index in [2.05, 4.69) is 15.2 Å². The quantitative estimate of drug-likeness (QED) is 0.467. The summed E-state index contributed by atoms with van der Waals surface area (Å²) in [4.78, 5) is 23.6. The van der Waals surface area contributed by atoms with E-state index in [-0.39, 0.29) is 11.9 Å². The average molecular weight is 377 g/mol. The number of rotatable bonds is 6. The van der Waals surface area contributed by atoms with Crippen LogP contribution in [0.1, 0.15) is 43.5 Å². The summed E-state index contributed by atoms with van der Waals surface area (Å²) in [6, 6.07) is 0. The lowest BCUT2D eigenvalue weighted by Gasteiger charge is -2.34. The molecule has 7 nitrogen and oxygen atoms in total. The van der Waals surface area contributed by atoms with Crippen molar-refractivity contribution in [2.75, 3.05) is 33.4 Å². The van der Waals surface area contributed by atoms with E-state index in [0.717, 1.165) is 54.5 Å². The largest absolute Gasteiger partial charge is 0.496 e. The number of methoxy groups -OCH3 is 1. The van der Waals surface area contributed by atoms with Crippen molar-refractivity contribution in [1.29, 1.82) is 0 Å². The topological polar surface area (TPSA) is 76.1 Å². The highest BCUT2D eigenvalue weighted by atomic mass is 16.5. The molecule has 0 bridgehead atoms. The van der Waals surface area contributed by atoms with Gasteiger partial charge in [0.15, 0.2) is 5.96 Å². The summed E-state index contributed by atoms with van der Waals surface area (Å²) in [5.74, 6) is 1.47. The highest BCUT2D eigenvalue weighted by Gasteiger charge is 2.28. The number of carbonyl (C=O) groups is 1. The van der Waals surface area contributed by atoms with E-state index in [0.29, 0.717) is 19.7 Å². The second kappa shape index (κ2) is 10.1. The molecule has 1 saturated heterocycles. The zero-order valence-electron chi connectivity index (χ0n) is 17.2. The Kier molecular flexibility index (Phi) is 7.88. The number of carbonyl (C=O) groups excluding carboxylic acids is 1. The van der Waals surface area contributed by atoms with Gasteiger partial charge in [0.25, 0.3) is 0 Å². The van der Waals surface area contributed by atoms with Crippen molar-refractivity contribution in [1.82, 2.24) is 15.2 Å². The van der Waals surface area contributed by atoms with Crippen molar-refractivity contribution in [3.8, 4) is 5.75 Å². The van der Waals surface area contributed by atoms with E-state index in [1.54, 1.807) is 7.11 Å². The molecule has 1 aliphatic rings. The molecule has 2 rings (SSSR count). The van der Waals surface area contributed by atoms with E-state index in [1.807, 2.05) is 33.9 Å². The molecule has 0 aliphatic carbocycles. The van der Waals surface area contributed by atoms with Gasteiger partial charge in [-0.15, -0.1) is 0 Å². The fraction of sp³-hybridized carbons (Fsp3) is 0.650. The number of guanidine groups is 1. The molecule has 1 aromatic heterocycles. The Bertz CT molecular complexity index is 675. The molecule has 1 aliphatic heterocycles. The molecule has 7 heteroatoms. The molecule has 1 atom stereocenters. The third-order valence-corrected chi connectivity index (χ3v) is 4.80. The van der Waals surface area contributed by atoms with Gasteiger partial charge in [0, 0.05) is 37.0 Å². The number of ether oxygens (including phenoxy) is 2. The number of nitrogens with one attached hydrogen (secondary N) is 1. The monoisotopic (exact) mass is 376 g/mol. The van der Waals surface area contributed by atoms with Crippen LogP contribution >= 0.6 is 0 Å². The SMILES string of the molecule is CCNC(=NCc1ncc(C)c(OC)c1C)N1CCCC(C(=O)OCC)C1. The van der Waals surface area contributed by atoms with Crippen LogP contribution in [0.3, 0.4) is 0 Å². The lowest BCUT2D eigenvalue weighted by atomic mass is 9.98. The molecule has 0 saturated carbocycles. The molecule has 1 N–H and O–H groups in total. The number of nitrogens with zero attached hydrogens (tertiary/aromatic N) is 3. The van der Waals surface area contributed by atoms with Gasteiger partial charge in [-0.2, -0.15) is 0 Å². The van der Waals surface area contributed by atoms with Crippen molar-refractivity contribution < 1.29 is 14.3 Å². The van der Waals surface area contributed by atoms with Gasteiger partial charge < -0.3 is 19.7 Å². The number of hydrogen-bond acceptors (Lipinski definition) is 5. The zero-order chi connectivity index (χ0) is 19.8. The minimum atomic E-state index is -0.112. The molecule has 27 heavy (non-hydrogen) atoms. The van der Waals surface area contributed by atoms with Crippen LogP contribution in [0.5, 0.6) is 5.75 Å². The number of likely N-dealkylation sites (tertiary alicyclic amines) is 1. The molecule has 2 heterocycles. The first-order chi connectivity index (χ1) is 13.0. The smallest absolute Gasteiger partial charge is 0.310 e. The fourth-order valence-corrected chi connectivity index (χ4v) is 3.43. The van der Waals surface area contributed by atoms with E-state index < -0.39 is 0 Å². The Morgan fingerprint density at radius 2 is 2.19 bits per heavy atom. The van der Waals surface area contributed by atoms with Crippen molar-refractivity contribution >= 4 is 11.9 Å². The summed E-state index contributed by atoms with van der Waals surface area (Å²) in [6.45, 7) is 11.0. The lowest BCUT2D eigenvalue weighted by Crippen LogP contribution is -2.48. The summed E-state index contributed by atoms with van der Waals surface area (Å²) in [5, 5.41) is 3.34. The number of piperidine rings is 1. The highest BCUT2D eigenvalue weighted by Crippen LogP contribution is 2.24. The van der Waals surface area contributed by atoms with Crippen LogP contribution in [0.2, 0.25) is 0 Å². The van der Waals surface area contributed by atoms with Crippen molar-refractivity contribution in [2.45, 2.75) is 47.1 Å². The van der Waals surface area contributed by atoms with Gasteiger partial charge in [-0.05, 0) is 40.5 Å². The Morgan fingerprint density at radius 3 is 2.85 bits per heavy atom. The van der Waals surface area contributed by atoms with Crippen LogP contribution in [-0.4, -0.2) is 55.2 Å². The minimum Gasteiger partial charge on any atom is -0.496 e. The lowest BCUT2D eigenvalue weighted by molar-refractivity contribution is -0.149. The third kappa shape index (κ3) is 5.34. The van der Waals surface area contributed by atoms with Gasteiger partial charge >= 0.3 is 5.97 Å². The van der Waals surface area contributed by atoms with E-state index in [1.165, 1.54) is 0 Å². The van der Waals surface area contributed by atoms with E-state index in [4.69, 9.17) is 14.5 Å². The predicted molar refractivity (Wildman–Crippen MR) is 106 cm³/mol. The summed E-state index contributed by atoms with van der Waals surface area (Å²) in [5.41, 5.74) is 2.93. The number of aryl methyl sites for hydroxylation is 1. The van der Waals surface area contributed by atoms with Crippen LogP contribution < -0.4 is 10.1 Å². The molecule has 0 amide bonds. The molecule has 150 valence electrons. The first kappa shape index (κ1) is 21.0. The second-order valence-corrected chi connectivity index (χ2v) is 6.75. The predicted octanol–water partition coefficient (Wildman–Crippen LogP) is 2.45. The highest BCUT2D eigenvalue weighted by molar-refractivity contribution is 5.81. The number of hydrogen-bond donors (Lipinski definition) is 1. The van der Waals surface area contributed by atoms with Gasteiger partial charge in [0.2, 0.25) is 0 Å². The summed E-state index contributed by atoms with van der Waals surface area (Å²) in [6.07, 6.45) is 3.63. The minimum absolute atomic E-state index is 0.0955. The first-order valence-corrected chi connectivity index (χ1v) is 9.70. The van der Waals surface area contributed by atoms with E-state index in [9.17, 15) is 4.79 Å². The second-order valence-electron chi connectivity index (χ2n) is 6.75. The molecular formula is C20H32N4O3. The van der Waals surface area contributed by atoms with Crippen molar-refractivity contribution in [3.05, 3.63) is 23.0 Å². The number of aliphatic imine (C=N–C) groups is 1. The third-order valence-electron chi connectivity index (χ3n) is 4.80. The number of esters is 1. The van der Waals surface area contributed by atoms with Crippen LogP contribution in [-0.2, 0) is 16.1 Å². The van der Waals surface area contributed by atoms with Gasteiger partial charge in [-0.3, -0.25) is 9.78 Å². The van der Waals surface area contributed by atoms with E-state index >= 15 is 0 Å². The van der Waals surface area contributed by atoms with Gasteiger partial charge in [-0.25, -0.2) is 4.99 Å². The summed E-state index contributed by atoms with van der Waals surface area (Å²) >= 11 is 0. The Balaban J connectivity index is 2.15. The molecule has 0 spiro atoms. The number of aromatic nitrogens is 1. The fourth-order valence-electron chi connectivity index (χ4n) is 3.43. The molecule has 0 aromatic carbocycles. The maximum absolute atomic E-state index is 12.1. The Morgan fingerprint density at radius 1 is 1.41 bits per heavy atom.